The number of nitrogens with one attached hydrogen (secondary N) is 1. The second kappa shape index (κ2) is 8.91. The van der Waals surface area contributed by atoms with Crippen LogP contribution in [-0.4, -0.2) is 47.1 Å². The average Bonchev–Trinajstić information content (AvgIpc) is 2.89. The first kappa shape index (κ1) is 21.5. The number of nitrogens with zero attached hydrogens (tertiary/aromatic N) is 1. The number of hydrogen-bond donors (Lipinski definition) is 1. The fourth-order valence-corrected chi connectivity index (χ4v) is 2.92. The van der Waals surface area contributed by atoms with Crippen LogP contribution in [0.4, 0.5) is 4.79 Å². The van der Waals surface area contributed by atoms with Gasteiger partial charge in [-0.3, -0.25) is 14.5 Å². The van der Waals surface area contributed by atoms with Crippen LogP contribution in [0.25, 0.3) is 0 Å². The van der Waals surface area contributed by atoms with Gasteiger partial charge in [-0.1, -0.05) is 30.3 Å². The molecule has 0 fully saturated rings. The molecule has 1 aromatic carbocycles. The van der Waals surface area contributed by atoms with E-state index in [1.54, 1.807) is 20.8 Å². The Labute approximate surface area is 165 Å². The van der Waals surface area contributed by atoms with Gasteiger partial charge in [-0.25, -0.2) is 4.79 Å². The molecule has 2 rings (SSSR count). The molecule has 0 spiro atoms. The molecule has 0 saturated carbocycles. The standard InChI is InChI=1S/C21H28N2O5/c1-6-27-17-13-18(24)23(16(17)12-15-10-8-7-9-11-15)19(25)14(2)22-20(26)28-21(3,4)5/h7-11,13-14,16H,6,12H2,1-5H3,(H,22,26)/t14-,16-/m0/s1. The quantitative estimate of drug-likeness (QED) is 0.810. The summed E-state index contributed by atoms with van der Waals surface area (Å²) < 4.78 is 10.8. The van der Waals surface area contributed by atoms with Crippen molar-refractivity contribution in [3.63, 3.8) is 0 Å². The Hall–Kier alpha value is -2.83. The molecule has 1 N–H and O–H groups in total. The lowest BCUT2D eigenvalue weighted by Crippen LogP contribution is -2.52. The molecule has 1 aliphatic rings. The highest BCUT2D eigenvalue weighted by molar-refractivity contribution is 6.06. The van der Waals surface area contributed by atoms with Gasteiger partial charge >= 0.3 is 6.09 Å². The van der Waals surface area contributed by atoms with E-state index in [1.807, 2.05) is 37.3 Å². The summed E-state index contributed by atoms with van der Waals surface area (Å²) in [6.45, 7) is 8.93. The summed E-state index contributed by atoms with van der Waals surface area (Å²) in [5.74, 6) is -0.510. The molecule has 1 aliphatic heterocycles. The van der Waals surface area contributed by atoms with Gasteiger partial charge in [-0.2, -0.15) is 0 Å². The molecule has 7 nitrogen and oxygen atoms in total. The minimum absolute atomic E-state index is 0.387. The van der Waals surface area contributed by atoms with Gasteiger partial charge in [0, 0.05) is 12.5 Å². The molecule has 1 aromatic rings. The molecule has 3 amide bonds. The Bertz CT molecular complexity index is 752. The Morgan fingerprint density at radius 3 is 2.43 bits per heavy atom. The van der Waals surface area contributed by atoms with Crippen LogP contribution in [0.5, 0.6) is 0 Å². The van der Waals surface area contributed by atoms with Crippen molar-refractivity contribution in [2.45, 2.75) is 58.7 Å². The van der Waals surface area contributed by atoms with Gasteiger partial charge in [-0.15, -0.1) is 0 Å². The zero-order valence-electron chi connectivity index (χ0n) is 17.0. The van der Waals surface area contributed by atoms with Gasteiger partial charge in [0.15, 0.2) is 0 Å². The third-order valence-electron chi connectivity index (χ3n) is 4.07. The van der Waals surface area contributed by atoms with Crippen LogP contribution < -0.4 is 5.32 Å². The lowest BCUT2D eigenvalue weighted by molar-refractivity contribution is -0.144. The molecule has 0 saturated heterocycles. The summed E-state index contributed by atoms with van der Waals surface area (Å²) in [7, 11) is 0. The first-order valence-electron chi connectivity index (χ1n) is 9.37. The van der Waals surface area contributed by atoms with Gasteiger partial charge < -0.3 is 14.8 Å². The fourth-order valence-electron chi connectivity index (χ4n) is 2.92. The molecule has 0 unspecified atom stereocenters. The van der Waals surface area contributed by atoms with Crippen LogP contribution in [0, 0.1) is 0 Å². The molecule has 0 aliphatic carbocycles. The van der Waals surface area contributed by atoms with Gasteiger partial charge in [0.05, 0.1) is 6.61 Å². The average molecular weight is 388 g/mol. The first-order chi connectivity index (χ1) is 13.1. The molecule has 0 bridgehead atoms. The van der Waals surface area contributed by atoms with E-state index in [0.29, 0.717) is 18.8 Å². The van der Waals surface area contributed by atoms with Crippen molar-refractivity contribution in [2.24, 2.45) is 0 Å². The van der Waals surface area contributed by atoms with Crippen LogP contribution in [0.1, 0.15) is 40.2 Å². The number of amides is 3. The van der Waals surface area contributed by atoms with Gasteiger partial charge in [-0.05, 0) is 40.2 Å². The Morgan fingerprint density at radius 2 is 1.86 bits per heavy atom. The van der Waals surface area contributed by atoms with Crippen molar-refractivity contribution in [1.82, 2.24) is 10.2 Å². The molecule has 1 heterocycles. The molecule has 0 aromatic heterocycles. The number of alkyl carbamates (subject to hydrolysis) is 1. The lowest BCUT2D eigenvalue weighted by atomic mass is 10.0. The van der Waals surface area contributed by atoms with Crippen LogP contribution >= 0.6 is 0 Å². The molecule has 152 valence electrons. The molecule has 7 heteroatoms. The highest BCUT2D eigenvalue weighted by Gasteiger charge is 2.40. The predicted molar refractivity (Wildman–Crippen MR) is 104 cm³/mol. The number of benzene rings is 1. The Balaban J connectivity index is 2.16. The SMILES string of the molecule is CCOC1=CC(=O)N(C(=O)[C@H](C)NC(=O)OC(C)(C)C)[C@H]1Cc1ccccc1. The van der Waals surface area contributed by atoms with E-state index in [2.05, 4.69) is 5.32 Å². The summed E-state index contributed by atoms with van der Waals surface area (Å²) in [6, 6.07) is 8.08. The topological polar surface area (TPSA) is 84.9 Å². The summed E-state index contributed by atoms with van der Waals surface area (Å²) in [6.07, 6.45) is 1.07. The molecular weight excluding hydrogens is 360 g/mol. The lowest BCUT2D eigenvalue weighted by Gasteiger charge is -2.28. The second-order valence-corrected chi connectivity index (χ2v) is 7.60. The van der Waals surface area contributed by atoms with E-state index in [4.69, 9.17) is 9.47 Å². The van der Waals surface area contributed by atoms with Crippen LogP contribution in [-0.2, 0) is 25.5 Å². The second-order valence-electron chi connectivity index (χ2n) is 7.60. The van der Waals surface area contributed by atoms with Crippen LogP contribution in [0.15, 0.2) is 42.2 Å². The first-order valence-corrected chi connectivity index (χ1v) is 9.37. The van der Waals surface area contributed by atoms with Crippen LogP contribution in [0.2, 0.25) is 0 Å². The van der Waals surface area contributed by atoms with Crippen molar-refractivity contribution in [3.8, 4) is 0 Å². The molecular formula is C21H28N2O5. The highest BCUT2D eigenvalue weighted by Crippen LogP contribution is 2.25. The third-order valence-corrected chi connectivity index (χ3v) is 4.07. The van der Waals surface area contributed by atoms with Crippen molar-refractivity contribution >= 4 is 17.9 Å². The zero-order valence-corrected chi connectivity index (χ0v) is 17.0. The maximum absolute atomic E-state index is 13.0. The summed E-state index contributed by atoms with van der Waals surface area (Å²) >= 11 is 0. The van der Waals surface area contributed by atoms with E-state index in [1.165, 1.54) is 13.0 Å². The highest BCUT2D eigenvalue weighted by atomic mass is 16.6. The summed E-state index contributed by atoms with van der Waals surface area (Å²) in [5.41, 5.74) is 0.286. The zero-order chi connectivity index (χ0) is 20.9. The Kier molecular flexibility index (Phi) is 6.83. The number of carbonyl (C=O) groups excluding carboxylic acids is 3. The molecule has 2 atom stereocenters. The minimum atomic E-state index is -0.925. The fraction of sp³-hybridized carbons (Fsp3) is 0.476. The van der Waals surface area contributed by atoms with E-state index < -0.39 is 35.6 Å². The van der Waals surface area contributed by atoms with Crippen molar-refractivity contribution in [3.05, 3.63) is 47.7 Å². The predicted octanol–water partition coefficient (Wildman–Crippen LogP) is 2.80. The van der Waals surface area contributed by atoms with Crippen molar-refractivity contribution in [2.75, 3.05) is 6.61 Å². The van der Waals surface area contributed by atoms with Gasteiger partial charge in [0.25, 0.3) is 11.8 Å². The maximum atomic E-state index is 13.0. The van der Waals surface area contributed by atoms with E-state index >= 15 is 0 Å². The van der Waals surface area contributed by atoms with E-state index in [0.717, 1.165) is 10.5 Å². The van der Waals surface area contributed by atoms with Crippen LogP contribution in [0.3, 0.4) is 0 Å². The van der Waals surface area contributed by atoms with Gasteiger partial charge in [0.2, 0.25) is 0 Å². The molecule has 28 heavy (non-hydrogen) atoms. The molecule has 0 radical (unpaired) electrons. The van der Waals surface area contributed by atoms with E-state index in [9.17, 15) is 14.4 Å². The maximum Gasteiger partial charge on any atom is 0.408 e. The van der Waals surface area contributed by atoms with Crippen molar-refractivity contribution in [1.29, 1.82) is 0 Å². The minimum Gasteiger partial charge on any atom is -0.496 e. The largest absolute Gasteiger partial charge is 0.496 e. The Morgan fingerprint density at radius 1 is 1.21 bits per heavy atom. The number of ether oxygens (including phenoxy) is 2. The smallest absolute Gasteiger partial charge is 0.408 e. The number of imide groups is 1. The number of rotatable bonds is 6. The monoisotopic (exact) mass is 388 g/mol. The normalized spacial score (nSPS) is 17.8. The van der Waals surface area contributed by atoms with Crippen molar-refractivity contribution < 1.29 is 23.9 Å². The third kappa shape index (κ3) is 5.58. The summed E-state index contributed by atoms with van der Waals surface area (Å²) in [5, 5.41) is 2.50. The summed E-state index contributed by atoms with van der Waals surface area (Å²) in [4.78, 5) is 38.6. The van der Waals surface area contributed by atoms with Gasteiger partial charge in [0.1, 0.15) is 23.4 Å². The number of carbonyl (C=O) groups is 3. The van der Waals surface area contributed by atoms with E-state index in [-0.39, 0.29) is 0 Å². The number of hydrogen-bond acceptors (Lipinski definition) is 5.